The lowest BCUT2D eigenvalue weighted by atomic mass is 10.1. The quantitative estimate of drug-likeness (QED) is 0.874. The number of aromatic nitrogens is 2. The Kier molecular flexibility index (Phi) is 2.81. The van der Waals surface area contributed by atoms with Gasteiger partial charge in [-0.05, 0) is 40.5 Å². The first-order valence-electron chi connectivity index (χ1n) is 5.62. The van der Waals surface area contributed by atoms with Gasteiger partial charge >= 0.3 is 0 Å². The molecular weight excluding hydrogens is 304 g/mol. The lowest BCUT2D eigenvalue weighted by Gasteiger charge is -2.15. The van der Waals surface area contributed by atoms with E-state index in [0.717, 1.165) is 37.7 Å². The normalized spacial score (nSPS) is 14.2. The van der Waals surface area contributed by atoms with Crippen molar-refractivity contribution in [3.05, 3.63) is 34.4 Å². The Morgan fingerprint density at radius 2 is 2.17 bits per heavy atom. The Balaban J connectivity index is 2.17. The van der Waals surface area contributed by atoms with Gasteiger partial charge in [0.05, 0.1) is 0 Å². The summed E-state index contributed by atoms with van der Waals surface area (Å²) in [4.78, 5) is 4.32. The Bertz CT molecular complexity index is 610. The number of imidazole rings is 1. The molecule has 0 unspecified atom stereocenters. The summed E-state index contributed by atoms with van der Waals surface area (Å²) in [5.41, 5.74) is 0.599. The van der Waals surface area contributed by atoms with Gasteiger partial charge in [-0.2, -0.15) is 0 Å². The highest BCUT2D eigenvalue weighted by molar-refractivity contribution is 9.10. The number of rotatable bonds is 1. The van der Waals surface area contributed by atoms with E-state index in [9.17, 15) is 8.78 Å². The number of hydrogen-bond acceptors (Lipinski definition) is 2. The molecule has 1 N–H and O–H groups in total. The third kappa shape index (κ3) is 1.80. The molecule has 6 heteroatoms. The van der Waals surface area contributed by atoms with Crippen molar-refractivity contribution in [2.45, 2.75) is 13.0 Å². The van der Waals surface area contributed by atoms with E-state index >= 15 is 0 Å². The van der Waals surface area contributed by atoms with E-state index < -0.39 is 11.6 Å². The lowest BCUT2D eigenvalue weighted by Crippen LogP contribution is -2.17. The molecule has 3 rings (SSSR count). The maximum atomic E-state index is 13.7. The van der Waals surface area contributed by atoms with E-state index in [0.29, 0.717) is 16.2 Å². The van der Waals surface area contributed by atoms with Crippen molar-refractivity contribution >= 4 is 21.9 Å². The molecule has 0 aliphatic carbocycles. The van der Waals surface area contributed by atoms with Crippen molar-refractivity contribution in [3.63, 3.8) is 0 Å². The fourth-order valence-electron chi connectivity index (χ4n) is 2.06. The highest BCUT2D eigenvalue weighted by Gasteiger charge is 2.21. The topological polar surface area (TPSA) is 29.9 Å². The van der Waals surface area contributed by atoms with Gasteiger partial charge in [-0.1, -0.05) is 0 Å². The van der Waals surface area contributed by atoms with Gasteiger partial charge in [-0.3, -0.25) is 0 Å². The van der Waals surface area contributed by atoms with Crippen molar-refractivity contribution in [2.24, 2.45) is 0 Å². The molecule has 0 saturated heterocycles. The number of halogens is 3. The van der Waals surface area contributed by atoms with E-state index in [1.807, 2.05) is 4.57 Å². The average molecular weight is 314 g/mol. The van der Waals surface area contributed by atoms with E-state index in [4.69, 9.17) is 0 Å². The molecule has 1 aliphatic rings. The molecule has 94 valence electrons. The number of hydrogen-bond donors (Lipinski definition) is 1. The second-order valence-corrected chi connectivity index (χ2v) is 4.88. The standard InChI is InChI=1S/C12H10BrF2N3/c13-11-10(8-6-7(14)2-3-9(8)15)17-12-16-4-1-5-18(11)12/h2-3,6H,1,4-5H2,(H,16,17). The summed E-state index contributed by atoms with van der Waals surface area (Å²) >= 11 is 3.40. The molecule has 3 nitrogen and oxygen atoms in total. The molecule has 2 aromatic rings. The molecule has 1 aromatic carbocycles. The molecule has 2 heterocycles. The largest absolute Gasteiger partial charge is 0.356 e. The van der Waals surface area contributed by atoms with Crippen molar-refractivity contribution in [2.75, 3.05) is 11.9 Å². The van der Waals surface area contributed by atoms with Gasteiger partial charge < -0.3 is 9.88 Å². The molecule has 0 atom stereocenters. The average Bonchev–Trinajstić information content (AvgIpc) is 2.71. The van der Waals surface area contributed by atoms with Crippen LogP contribution in [0.2, 0.25) is 0 Å². The van der Waals surface area contributed by atoms with Crippen LogP contribution in [0.3, 0.4) is 0 Å². The van der Waals surface area contributed by atoms with Crippen molar-refractivity contribution in [3.8, 4) is 11.3 Å². The Hall–Kier alpha value is -1.43. The predicted octanol–water partition coefficient (Wildman–Crippen LogP) is 3.41. The fraction of sp³-hybridized carbons (Fsp3) is 0.250. The summed E-state index contributed by atoms with van der Waals surface area (Å²) in [6, 6.07) is 3.37. The summed E-state index contributed by atoms with van der Waals surface area (Å²) in [7, 11) is 0. The molecule has 0 saturated carbocycles. The van der Waals surface area contributed by atoms with Gasteiger partial charge in [0.25, 0.3) is 0 Å². The van der Waals surface area contributed by atoms with Crippen molar-refractivity contribution in [1.82, 2.24) is 9.55 Å². The summed E-state index contributed by atoms with van der Waals surface area (Å²) in [6.45, 7) is 1.65. The monoisotopic (exact) mass is 313 g/mol. The van der Waals surface area contributed by atoms with Crippen LogP contribution in [0.1, 0.15) is 6.42 Å². The Labute approximate surface area is 111 Å². The van der Waals surface area contributed by atoms with Gasteiger partial charge in [-0.25, -0.2) is 13.8 Å². The number of benzene rings is 1. The van der Waals surface area contributed by atoms with Gasteiger partial charge in [-0.15, -0.1) is 0 Å². The lowest BCUT2D eigenvalue weighted by molar-refractivity contribution is 0.602. The van der Waals surface area contributed by atoms with Gasteiger partial charge in [0.15, 0.2) is 0 Å². The number of fused-ring (bicyclic) bond motifs is 1. The molecule has 18 heavy (non-hydrogen) atoms. The van der Waals surface area contributed by atoms with Gasteiger partial charge in [0.2, 0.25) is 5.95 Å². The molecule has 0 fully saturated rings. The third-order valence-electron chi connectivity index (χ3n) is 2.93. The Morgan fingerprint density at radius 1 is 1.33 bits per heavy atom. The molecular formula is C12H10BrF2N3. The summed E-state index contributed by atoms with van der Waals surface area (Å²) in [5, 5.41) is 3.13. The van der Waals surface area contributed by atoms with Crippen LogP contribution in [-0.4, -0.2) is 16.1 Å². The minimum Gasteiger partial charge on any atom is -0.356 e. The van der Waals surface area contributed by atoms with Crippen LogP contribution in [0.4, 0.5) is 14.7 Å². The summed E-state index contributed by atoms with van der Waals surface area (Å²) in [5.74, 6) is -0.267. The molecule has 0 bridgehead atoms. The first-order chi connectivity index (χ1) is 8.66. The third-order valence-corrected chi connectivity index (χ3v) is 3.73. The van der Waals surface area contributed by atoms with Crippen LogP contribution in [0.5, 0.6) is 0 Å². The van der Waals surface area contributed by atoms with Crippen molar-refractivity contribution in [1.29, 1.82) is 0 Å². The Morgan fingerprint density at radius 3 is 2.94 bits per heavy atom. The van der Waals surface area contributed by atoms with E-state index in [2.05, 4.69) is 26.2 Å². The SMILES string of the molecule is Fc1ccc(F)c(-c2nc3n(c2Br)CCCN3)c1. The maximum absolute atomic E-state index is 13.7. The zero-order valence-electron chi connectivity index (χ0n) is 9.38. The van der Waals surface area contributed by atoms with Crippen LogP contribution < -0.4 is 5.32 Å². The van der Waals surface area contributed by atoms with Gasteiger partial charge in [0.1, 0.15) is 21.9 Å². The smallest absolute Gasteiger partial charge is 0.204 e. The molecule has 0 spiro atoms. The fourth-order valence-corrected chi connectivity index (χ4v) is 2.71. The second-order valence-electron chi connectivity index (χ2n) is 4.13. The summed E-state index contributed by atoms with van der Waals surface area (Å²) < 4.78 is 29.6. The maximum Gasteiger partial charge on any atom is 0.204 e. The minimum absolute atomic E-state index is 0.172. The minimum atomic E-state index is -0.479. The zero-order valence-corrected chi connectivity index (χ0v) is 11.0. The van der Waals surface area contributed by atoms with Crippen molar-refractivity contribution < 1.29 is 8.78 Å². The zero-order chi connectivity index (χ0) is 12.7. The van der Waals surface area contributed by atoms with Crippen LogP contribution in [0.15, 0.2) is 22.8 Å². The highest BCUT2D eigenvalue weighted by Crippen LogP contribution is 2.34. The van der Waals surface area contributed by atoms with Crippen LogP contribution in [0, 0.1) is 11.6 Å². The first kappa shape index (κ1) is 11.6. The molecule has 1 aliphatic heterocycles. The van der Waals surface area contributed by atoms with Crippen LogP contribution >= 0.6 is 15.9 Å². The van der Waals surface area contributed by atoms with Crippen LogP contribution in [-0.2, 0) is 6.54 Å². The molecule has 0 amide bonds. The predicted molar refractivity (Wildman–Crippen MR) is 68.4 cm³/mol. The number of nitrogens with one attached hydrogen (secondary N) is 1. The molecule has 0 radical (unpaired) electrons. The number of nitrogens with zero attached hydrogens (tertiary/aromatic N) is 2. The second kappa shape index (κ2) is 4.35. The number of anilines is 1. The first-order valence-corrected chi connectivity index (χ1v) is 6.41. The van der Waals surface area contributed by atoms with E-state index in [1.165, 1.54) is 0 Å². The van der Waals surface area contributed by atoms with Crippen LogP contribution in [0.25, 0.3) is 11.3 Å². The highest BCUT2D eigenvalue weighted by atomic mass is 79.9. The van der Waals surface area contributed by atoms with E-state index in [-0.39, 0.29) is 5.56 Å². The molecule has 1 aromatic heterocycles. The summed E-state index contributed by atoms with van der Waals surface area (Å²) in [6.07, 6.45) is 0.979. The van der Waals surface area contributed by atoms with Gasteiger partial charge in [0, 0.05) is 18.7 Å². The van der Waals surface area contributed by atoms with E-state index in [1.54, 1.807) is 0 Å².